The summed E-state index contributed by atoms with van der Waals surface area (Å²) in [5.41, 5.74) is 2.68. The van der Waals surface area contributed by atoms with Crippen molar-refractivity contribution in [3.05, 3.63) is 64.7 Å². The average Bonchev–Trinajstić information content (AvgIpc) is 3.02. The van der Waals surface area contributed by atoms with Crippen molar-refractivity contribution in [1.29, 1.82) is 0 Å². The molecule has 108 valence electrons. The molecule has 0 saturated carbocycles. The summed E-state index contributed by atoms with van der Waals surface area (Å²) in [6.07, 6.45) is 1.17. The summed E-state index contributed by atoms with van der Waals surface area (Å²) in [4.78, 5) is 12.1. The lowest BCUT2D eigenvalue weighted by molar-refractivity contribution is 0.102. The minimum Gasteiger partial charge on any atom is -0.322 e. The Morgan fingerprint density at radius 2 is 2.00 bits per heavy atom. The van der Waals surface area contributed by atoms with Crippen LogP contribution < -0.4 is 10.6 Å². The Morgan fingerprint density at radius 3 is 2.67 bits per heavy atom. The van der Waals surface area contributed by atoms with Gasteiger partial charge in [-0.2, -0.15) is 0 Å². The number of anilines is 1. The monoisotopic (exact) mass is 300 g/mol. The highest BCUT2D eigenvalue weighted by molar-refractivity contribution is 6.31. The van der Waals surface area contributed by atoms with Crippen LogP contribution in [0.5, 0.6) is 0 Å². The second-order valence-electron chi connectivity index (χ2n) is 5.28. The summed E-state index contributed by atoms with van der Waals surface area (Å²) in [6, 6.07) is 15.0. The number of hydrogen-bond acceptors (Lipinski definition) is 2. The number of carbonyl (C=O) groups excluding carboxylic acids is 1. The van der Waals surface area contributed by atoms with Crippen molar-refractivity contribution in [1.82, 2.24) is 5.32 Å². The molecule has 1 saturated heterocycles. The first kappa shape index (κ1) is 14.1. The van der Waals surface area contributed by atoms with Gasteiger partial charge in [0.25, 0.3) is 5.91 Å². The van der Waals surface area contributed by atoms with Crippen molar-refractivity contribution >= 4 is 23.2 Å². The molecular formula is C17H17ClN2O. The standard InChI is InChI=1S/C17H17ClN2O/c18-15-3-1-2-13(10-15)17(21)20-16-6-4-12(5-7-16)14-8-9-19-11-14/h1-7,10,14,19H,8-9,11H2,(H,20,21)/t14-/m1/s1. The van der Waals surface area contributed by atoms with E-state index in [2.05, 4.69) is 22.8 Å². The fourth-order valence-electron chi connectivity index (χ4n) is 2.61. The van der Waals surface area contributed by atoms with Gasteiger partial charge >= 0.3 is 0 Å². The molecule has 0 bridgehead atoms. The van der Waals surface area contributed by atoms with Gasteiger partial charge in [0.15, 0.2) is 0 Å². The van der Waals surface area contributed by atoms with Crippen LogP contribution in [0.3, 0.4) is 0 Å². The van der Waals surface area contributed by atoms with E-state index in [1.165, 1.54) is 12.0 Å². The van der Waals surface area contributed by atoms with Crippen LogP contribution in [0, 0.1) is 0 Å². The zero-order valence-corrected chi connectivity index (χ0v) is 12.4. The summed E-state index contributed by atoms with van der Waals surface area (Å²) in [5.74, 6) is 0.440. The van der Waals surface area contributed by atoms with Gasteiger partial charge in [-0.25, -0.2) is 0 Å². The molecule has 0 radical (unpaired) electrons. The predicted octanol–water partition coefficient (Wildman–Crippen LogP) is 3.67. The maximum absolute atomic E-state index is 12.1. The van der Waals surface area contributed by atoms with E-state index in [9.17, 15) is 4.79 Å². The molecule has 4 heteroatoms. The Balaban J connectivity index is 1.68. The van der Waals surface area contributed by atoms with Crippen LogP contribution in [-0.4, -0.2) is 19.0 Å². The van der Waals surface area contributed by atoms with E-state index >= 15 is 0 Å². The molecule has 21 heavy (non-hydrogen) atoms. The minimum absolute atomic E-state index is 0.146. The molecule has 0 unspecified atom stereocenters. The van der Waals surface area contributed by atoms with Gasteiger partial charge in [-0.3, -0.25) is 4.79 Å². The Morgan fingerprint density at radius 1 is 1.19 bits per heavy atom. The summed E-state index contributed by atoms with van der Waals surface area (Å²) < 4.78 is 0. The van der Waals surface area contributed by atoms with E-state index in [0.717, 1.165) is 18.8 Å². The third kappa shape index (κ3) is 3.43. The zero-order valence-electron chi connectivity index (χ0n) is 11.6. The van der Waals surface area contributed by atoms with Crippen molar-refractivity contribution in [2.24, 2.45) is 0 Å². The fraction of sp³-hybridized carbons (Fsp3) is 0.235. The number of rotatable bonds is 3. The highest BCUT2D eigenvalue weighted by atomic mass is 35.5. The van der Waals surface area contributed by atoms with Gasteiger partial charge in [-0.05, 0) is 54.8 Å². The predicted molar refractivity (Wildman–Crippen MR) is 86.1 cm³/mol. The molecular weight excluding hydrogens is 284 g/mol. The van der Waals surface area contributed by atoms with Gasteiger partial charge in [0.1, 0.15) is 0 Å². The minimum atomic E-state index is -0.146. The summed E-state index contributed by atoms with van der Waals surface area (Å²) in [7, 11) is 0. The molecule has 1 aliphatic heterocycles. The molecule has 2 aromatic rings. The van der Waals surface area contributed by atoms with Crippen LogP contribution in [0.4, 0.5) is 5.69 Å². The van der Waals surface area contributed by atoms with E-state index in [0.29, 0.717) is 16.5 Å². The highest BCUT2D eigenvalue weighted by Gasteiger charge is 2.16. The smallest absolute Gasteiger partial charge is 0.255 e. The number of benzene rings is 2. The molecule has 1 atom stereocenters. The van der Waals surface area contributed by atoms with Gasteiger partial charge < -0.3 is 10.6 Å². The molecule has 1 heterocycles. The first-order chi connectivity index (χ1) is 10.2. The van der Waals surface area contributed by atoms with Crippen molar-refractivity contribution in [3.8, 4) is 0 Å². The average molecular weight is 301 g/mol. The van der Waals surface area contributed by atoms with Crippen molar-refractivity contribution in [2.75, 3.05) is 18.4 Å². The van der Waals surface area contributed by atoms with Crippen molar-refractivity contribution < 1.29 is 4.79 Å². The van der Waals surface area contributed by atoms with E-state index < -0.39 is 0 Å². The number of hydrogen-bond donors (Lipinski definition) is 2. The second kappa shape index (κ2) is 6.29. The van der Waals surface area contributed by atoms with Gasteiger partial charge in [0.05, 0.1) is 0 Å². The van der Waals surface area contributed by atoms with E-state index in [-0.39, 0.29) is 5.91 Å². The molecule has 1 aliphatic rings. The van der Waals surface area contributed by atoms with Crippen LogP contribution in [0.2, 0.25) is 5.02 Å². The van der Waals surface area contributed by atoms with Crippen molar-refractivity contribution in [2.45, 2.75) is 12.3 Å². The molecule has 2 aromatic carbocycles. The van der Waals surface area contributed by atoms with E-state index in [4.69, 9.17) is 11.6 Å². The largest absolute Gasteiger partial charge is 0.322 e. The Kier molecular flexibility index (Phi) is 4.23. The lowest BCUT2D eigenvalue weighted by atomic mass is 9.98. The molecule has 3 nitrogen and oxygen atoms in total. The van der Waals surface area contributed by atoms with Gasteiger partial charge in [-0.1, -0.05) is 29.8 Å². The lowest BCUT2D eigenvalue weighted by Gasteiger charge is -2.10. The van der Waals surface area contributed by atoms with E-state index in [1.54, 1.807) is 24.3 Å². The molecule has 0 spiro atoms. The summed E-state index contributed by atoms with van der Waals surface area (Å²) in [5, 5.41) is 6.81. The Hall–Kier alpha value is -1.84. The molecule has 1 fully saturated rings. The third-order valence-corrected chi connectivity index (χ3v) is 4.02. The summed E-state index contributed by atoms with van der Waals surface area (Å²) >= 11 is 5.90. The quantitative estimate of drug-likeness (QED) is 0.908. The van der Waals surface area contributed by atoms with Crippen LogP contribution in [0.25, 0.3) is 0 Å². The Labute approximate surface area is 129 Å². The number of halogens is 1. The SMILES string of the molecule is O=C(Nc1ccc([C@@H]2CCNC2)cc1)c1cccc(Cl)c1. The summed E-state index contributed by atoms with van der Waals surface area (Å²) in [6.45, 7) is 2.12. The number of nitrogens with one attached hydrogen (secondary N) is 2. The number of carbonyl (C=O) groups is 1. The molecule has 2 N–H and O–H groups in total. The zero-order chi connectivity index (χ0) is 14.7. The van der Waals surface area contributed by atoms with Gasteiger partial charge in [0.2, 0.25) is 0 Å². The van der Waals surface area contributed by atoms with Crippen LogP contribution in [-0.2, 0) is 0 Å². The second-order valence-corrected chi connectivity index (χ2v) is 5.71. The number of amides is 1. The molecule has 0 aromatic heterocycles. The molecule has 3 rings (SSSR count). The fourth-order valence-corrected chi connectivity index (χ4v) is 2.80. The third-order valence-electron chi connectivity index (χ3n) is 3.79. The Bertz CT molecular complexity index is 633. The normalized spacial score (nSPS) is 17.7. The highest BCUT2D eigenvalue weighted by Crippen LogP contribution is 2.23. The van der Waals surface area contributed by atoms with Gasteiger partial charge in [-0.15, -0.1) is 0 Å². The van der Waals surface area contributed by atoms with Crippen LogP contribution >= 0.6 is 11.6 Å². The van der Waals surface area contributed by atoms with Crippen LogP contribution in [0.15, 0.2) is 48.5 Å². The molecule has 1 amide bonds. The first-order valence-corrected chi connectivity index (χ1v) is 7.48. The van der Waals surface area contributed by atoms with Crippen molar-refractivity contribution in [3.63, 3.8) is 0 Å². The van der Waals surface area contributed by atoms with Gasteiger partial charge in [0, 0.05) is 22.8 Å². The topological polar surface area (TPSA) is 41.1 Å². The lowest BCUT2D eigenvalue weighted by Crippen LogP contribution is -2.12. The maximum atomic E-state index is 12.1. The molecule has 0 aliphatic carbocycles. The van der Waals surface area contributed by atoms with Crippen LogP contribution in [0.1, 0.15) is 28.3 Å². The van der Waals surface area contributed by atoms with E-state index in [1.807, 2.05) is 12.1 Å². The first-order valence-electron chi connectivity index (χ1n) is 7.10. The maximum Gasteiger partial charge on any atom is 0.255 e.